The van der Waals surface area contributed by atoms with Crippen molar-refractivity contribution in [1.29, 1.82) is 0 Å². The first-order chi connectivity index (χ1) is 18.8. The highest BCUT2D eigenvalue weighted by Crippen LogP contribution is 2.63. The molecule has 9 heteroatoms. The lowest BCUT2D eigenvalue weighted by atomic mass is 10.1. The minimum atomic E-state index is -4.02. The van der Waals surface area contributed by atoms with E-state index >= 15 is 0 Å². The van der Waals surface area contributed by atoms with Crippen molar-refractivity contribution >= 4 is 26.4 Å². The second-order valence-electron chi connectivity index (χ2n) is 9.71. The molecule has 39 heavy (non-hydrogen) atoms. The number of unbranched alkanes of at least 4 members (excludes halogenated alkanes) is 5. The van der Waals surface area contributed by atoms with Gasteiger partial charge in [0.15, 0.2) is 9.84 Å². The molecular weight excluding hydrogens is 536 g/mol. The van der Waals surface area contributed by atoms with Gasteiger partial charge in [0.1, 0.15) is 23.2 Å². The summed E-state index contributed by atoms with van der Waals surface area (Å²) in [4.78, 5) is 13.4. The van der Waals surface area contributed by atoms with Crippen LogP contribution in [-0.4, -0.2) is 35.9 Å². The van der Waals surface area contributed by atoms with E-state index in [4.69, 9.17) is 9.47 Å². The second-order valence-corrected chi connectivity index (χ2v) is 13.9. The van der Waals surface area contributed by atoms with Crippen molar-refractivity contribution in [3.63, 3.8) is 0 Å². The Hall–Kier alpha value is -2.85. The summed E-state index contributed by atoms with van der Waals surface area (Å²) in [6, 6.07) is 20.0. The van der Waals surface area contributed by atoms with E-state index in [0.717, 1.165) is 37.7 Å². The molecule has 1 aliphatic heterocycles. The molecule has 3 aromatic rings. The largest absolute Gasteiger partial charge is 0.492 e. The van der Waals surface area contributed by atoms with Gasteiger partial charge in [0.25, 0.3) is 0 Å². The van der Waals surface area contributed by atoms with Crippen molar-refractivity contribution in [3.05, 3.63) is 89.5 Å². The zero-order valence-corrected chi connectivity index (χ0v) is 23.8. The fourth-order valence-electron chi connectivity index (χ4n) is 4.75. The van der Waals surface area contributed by atoms with Crippen molar-refractivity contribution in [2.75, 3.05) is 12.4 Å². The van der Waals surface area contributed by atoms with Crippen LogP contribution in [0.15, 0.2) is 82.6 Å². The molecule has 210 valence electrons. The molecule has 1 heterocycles. The molecule has 0 spiro atoms. The maximum absolute atomic E-state index is 13.7. The minimum absolute atomic E-state index is 0.0363. The first-order valence-electron chi connectivity index (χ1n) is 13.3. The Bertz CT molecular complexity index is 1360. The summed E-state index contributed by atoms with van der Waals surface area (Å²) in [6.45, 7) is 2.45. The molecule has 1 aliphatic rings. The average molecular weight is 573 g/mol. The summed E-state index contributed by atoms with van der Waals surface area (Å²) in [5.41, 5.74) is 1.01. The van der Waals surface area contributed by atoms with Gasteiger partial charge in [0.05, 0.1) is 22.2 Å². The number of sulfone groups is 1. The van der Waals surface area contributed by atoms with E-state index in [1.165, 1.54) is 30.7 Å². The van der Waals surface area contributed by atoms with Crippen molar-refractivity contribution in [2.45, 2.75) is 67.1 Å². The Balaban J connectivity index is 1.69. The van der Waals surface area contributed by atoms with E-state index in [2.05, 4.69) is 6.92 Å². The molecule has 1 atom stereocenters. The van der Waals surface area contributed by atoms with Crippen molar-refractivity contribution < 1.29 is 31.8 Å². The van der Waals surface area contributed by atoms with Crippen molar-refractivity contribution in [2.24, 2.45) is 0 Å². The van der Waals surface area contributed by atoms with Crippen LogP contribution < -0.4 is 4.74 Å². The summed E-state index contributed by atoms with van der Waals surface area (Å²) in [5, 5.41) is -1.28. The molecule has 0 saturated carbocycles. The zero-order valence-electron chi connectivity index (χ0n) is 22.1. The molecule has 0 bridgehead atoms. The van der Waals surface area contributed by atoms with Gasteiger partial charge in [-0.15, -0.1) is 0 Å². The molecule has 0 fully saturated rings. The normalized spacial score (nSPS) is 16.8. The van der Waals surface area contributed by atoms with Gasteiger partial charge in [0.2, 0.25) is 0 Å². The van der Waals surface area contributed by atoms with E-state index in [-0.39, 0.29) is 39.9 Å². The van der Waals surface area contributed by atoms with Gasteiger partial charge in [-0.1, -0.05) is 87.6 Å². The number of hydrogen-bond donors (Lipinski definition) is 2. The predicted molar refractivity (Wildman–Crippen MR) is 153 cm³/mol. The molecule has 2 N–H and O–H groups in total. The van der Waals surface area contributed by atoms with E-state index in [1.807, 2.05) is 30.3 Å². The molecule has 0 amide bonds. The molecule has 7 nitrogen and oxygen atoms in total. The number of esters is 1. The number of ether oxygens (including phenoxy) is 2. The fourth-order valence-corrected chi connectivity index (χ4v) is 9.16. The summed E-state index contributed by atoms with van der Waals surface area (Å²) < 4.78 is 61.0. The Morgan fingerprint density at radius 2 is 1.54 bits per heavy atom. The molecule has 1 unspecified atom stereocenters. The van der Waals surface area contributed by atoms with Crippen LogP contribution in [0.1, 0.15) is 72.2 Å². The third-order valence-corrected chi connectivity index (χ3v) is 11.0. The van der Waals surface area contributed by atoms with Crippen molar-refractivity contribution in [1.82, 2.24) is 0 Å². The smallest absolute Gasteiger partial charge is 0.342 e. The SMILES string of the molecule is CCCCCCCCOc1c(C(=O)OCc2ccccc2)ccc2c1C(S(=O)(=O)c1ccccc1)CS2(O)O. The number of hydrogen-bond acceptors (Lipinski definition) is 7. The maximum atomic E-state index is 13.7. The van der Waals surface area contributed by atoms with E-state index in [0.29, 0.717) is 0 Å². The molecule has 0 radical (unpaired) electrons. The summed E-state index contributed by atoms with van der Waals surface area (Å²) in [7, 11) is -7.44. The average Bonchev–Trinajstić information content (AvgIpc) is 3.23. The number of benzene rings is 3. The van der Waals surface area contributed by atoms with Crippen LogP contribution >= 0.6 is 10.6 Å². The van der Waals surface area contributed by atoms with Gasteiger partial charge in [-0.05, 0) is 36.2 Å². The van der Waals surface area contributed by atoms with Crippen molar-refractivity contribution in [3.8, 4) is 5.75 Å². The molecule has 0 saturated heterocycles. The van der Waals surface area contributed by atoms with Gasteiger partial charge in [-0.25, -0.2) is 13.2 Å². The van der Waals surface area contributed by atoms with Gasteiger partial charge >= 0.3 is 5.97 Å². The van der Waals surface area contributed by atoms with Crippen LogP contribution in [0.5, 0.6) is 5.75 Å². The Labute approximate surface area is 232 Å². The molecule has 4 rings (SSSR count). The van der Waals surface area contributed by atoms with Crippen LogP contribution in [0.2, 0.25) is 0 Å². The molecule has 3 aromatic carbocycles. The summed E-state index contributed by atoms with van der Waals surface area (Å²) in [6.07, 6.45) is 6.16. The lowest BCUT2D eigenvalue weighted by molar-refractivity contribution is 0.0467. The first kappa shape index (κ1) is 29.1. The van der Waals surface area contributed by atoms with E-state index < -0.39 is 37.4 Å². The Morgan fingerprint density at radius 3 is 2.23 bits per heavy atom. The minimum Gasteiger partial charge on any atom is -0.492 e. The third-order valence-electron chi connectivity index (χ3n) is 6.84. The Morgan fingerprint density at radius 1 is 0.897 bits per heavy atom. The monoisotopic (exact) mass is 572 g/mol. The van der Waals surface area contributed by atoms with Gasteiger partial charge in [-0.3, -0.25) is 9.11 Å². The molecular formula is C30H36O7S2. The molecule has 0 aliphatic carbocycles. The third kappa shape index (κ3) is 6.84. The summed E-state index contributed by atoms with van der Waals surface area (Å²) >= 11 is 0. The molecule has 0 aromatic heterocycles. The van der Waals surface area contributed by atoms with Gasteiger partial charge in [0, 0.05) is 5.56 Å². The lowest BCUT2D eigenvalue weighted by Crippen LogP contribution is -2.17. The van der Waals surface area contributed by atoms with E-state index in [1.54, 1.807) is 18.2 Å². The van der Waals surface area contributed by atoms with Crippen LogP contribution in [0.25, 0.3) is 0 Å². The van der Waals surface area contributed by atoms with Crippen LogP contribution in [0.4, 0.5) is 0 Å². The number of carbonyl (C=O) groups is 1. The highest BCUT2D eigenvalue weighted by molar-refractivity contribution is 8.25. The predicted octanol–water partition coefficient (Wildman–Crippen LogP) is 7.42. The summed E-state index contributed by atoms with van der Waals surface area (Å²) in [5.74, 6) is -1.00. The fraction of sp³-hybridized carbons (Fsp3) is 0.367. The van der Waals surface area contributed by atoms with Gasteiger partial charge < -0.3 is 9.47 Å². The number of rotatable bonds is 13. The Kier molecular flexibility index (Phi) is 9.71. The second kappa shape index (κ2) is 13.0. The van der Waals surface area contributed by atoms with Crippen LogP contribution in [0, 0.1) is 0 Å². The lowest BCUT2D eigenvalue weighted by Gasteiger charge is -2.27. The highest BCUT2D eigenvalue weighted by atomic mass is 32.3. The highest BCUT2D eigenvalue weighted by Gasteiger charge is 2.46. The standard InChI is InChI=1S/C30H36O7S2/c1-2-3-4-5-6-13-20-36-29-25(30(31)37-21-23-14-9-7-10-15-23)18-19-26-28(29)27(22-38(26,32)33)39(34,35)24-16-11-8-12-17-24/h7-12,14-19,27,32-33H,2-6,13,20-22H2,1H3. The number of carbonyl (C=O) groups excluding carboxylic acids is 1. The van der Waals surface area contributed by atoms with E-state index in [9.17, 15) is 22.3 Å². The van der Waals surface area contributed by atoms with Crippen LogP contribution in [0.3, 0.4) is 0 Å². The zero-order chi connectivity index (χ0) is 27.9. The first-order valence-corrected chi connectivity index (χ1v) is 16.6. The topological polar surface area (TPSA) is 110 Å². The maximum Gasteiger partial charge on any atom is 0.342 e. The number of fused-ring (bicyclic) bond motifs is 1. The quantitative estimate of drug-likeness (QED) is 0.162. The van der Waals surface area contributed by atoms with Crippen LogP contribution in [-0.2, 0) is 21.2 Å². The van der Waals surface area contributed by atoms with Gasteiger partial charge in [-0.2, -0.15) is 10.6 Å².